The van der Waals surface area contributed by atoms with E-state index in [1.807, 2.05) is 30.3 Å². The summed E-state index contributed by atoms with van der Waals surface area (Å²) in [4.78, 5) is 21.1. The molecular weight excluding hydrogens is 358 g/mol. The number of amides is 1. The number of aromatic hydroxyl groups is 1. The van der Waals surface area contributed by atoms with E-state index in [9.17, 15) is 15.0 Å². The minimum atomic E-state index is -0.725. The minimum Gasteiger partial charge on any atom is -0.493 e. The highest BCUT2D eigenvalue weighted by Gasteiger charge is 2.26. The summed E-state index contributed by atoms with van der Waals surface area (Å²) in [6.07, 6.45) is 1.91. The Morgan fingerprint density at radius 2 is 2.11 bits per heavy atom. The second kappa shape index (κ2) is 7.92. The summed E-state index contributed by atoms with van der Waals surface area (Å²) >= 11 is 0. The van der Waals surface area contributed by atoms with E-state index in [1.165, 1.54) is 0 Å². The highest BCUT2D eigenvalue weighted by molar-refractivity contribution is 5.96. The average Bonchev–Trinajstić information content (AvgIpc) is 2.69. The molecule has 0 aliphatic carbocycles. The molecule has 1 aromatic carbocycles. The molecule has 1 aliphatic heterocycles. The van der Waals surface area contributed by atoms with Crippen LogP contribution >= 0.6 is 0 Å². The lowest BCUT2D eigenvalue weighted by Crippen LogP contribution is -2.48. The number of aliphatic hydroxyl groups excluding tert-OH is 1. The third-order valence-electron chi connectivity index (χ3n) is 4.88. The molecule has 1 amide bonds. The fraction of sp³-hybridized carbons (Fsp3) is 0.286. The van der Waals surface area contributed by atoms with E-state index in [4.69, 9.17) is 4.74 Å². The lowest BCUT2D eigenvalue weighted by molar-refractivity contribution is -0.0261. The Bertz CT molecular complexity index is 1010. The van der Waals surface area contributed by atoms with Gasteiger partial charge in [0, 0.05) is 24.3 Å². The molecule has 3 aromatic rings. The van der Waals surface area contributed by atoms with Gasteiger partial charge in [0.1, 0.15) is 5.69 Å². The summed E-state index contributed by atoms with van der Waals surface area (Å²) in [6.45, 7) is 0.719. The van der Waals surface area contributed by atoms with Gasteiger partial charge in [0.25, 0.3) is 5.91 Å². The van der Waals surface area contributed by atoms with E-state index in [2.05, 4.69) is 15.3 Å². The van der Waals surface area contributed by atoms with Crippen LogP contribution in [-0.4, -0.2) is 51.4 Å². The highest BCUT2D eigenvalue weighted by atomic mass is 16.5. The van der Waals surface area contributed by atoms with Gasteiger partial charge in [-0.15, -0.1) is 0 Å². The maximum absolute atomic E-state index is 12.8. The van der Waals surface area contributed by atoms with Crippen molar-refractivity contribution in [3.63, 3.8) is 0 Å². The van der Waals surface area contributed by atoms with Crippen molar-refractivity contribution in [2.75, 3.05) is 13.2 Å². The quantitative estimate of drug-likeness (QED) is 0.639. The van der Waals surface area contributed by atoms with Crippen LogP contribution in [-0.2, 0) is 11.2 Å². The number of fused-ring (bicyclic) bond motifs is 1. The molecule has 7 nitrogen and oxygen atoms in total. The zero-order valence-electron chi connectivity index (χ0n) is 15.2. The van der Waals surface area contributed by atoms with Gasteiger partial charge in [-0.25, -0.2) is 9.97 Å². The third-order valence-corrected chi connectivity index (χ3v) is 4.88. The molecular formula is C21H21N3O4. The number of nitrogens with zero attached hydrogens (tertiary/aromatic N) is 2. The van der Waals surface area contributed by atoms with Crippen LogP contribution in [0.15, 0.2) is 48.7 Å². The van der Waals surface area contributed by atoms with Crippen LogP contribution in [0.5, 0.6) is 5.88 Å². The molecule has 0 radical (unpaired) electrons. The van der Waals surface area contributed by atoms with Crippen LogP contribution in [0, 0.1) is 0 Å². The number of ether oxygens (including phenoxy) is 1. The predicted molar refractivity (Wildman–Crippen MR) is 103 cm³/mol. The molecule has 3 N–H and O–H groups in total. The Morgan fingerprint density at radius 1 is 1.25 bits per heavy atom. The highest BCUT2D eigenvalue weighted by Crippen LogP contribution is 2.22. The molecule has 7 heteroatoms. The molecule has 4 rings (SSSR count). The molecule has 0 unspecified atom stereocenters. The summed E-state index contributed by atoms with van der Waals surface area (Å²) in [5, 5.41) is 23.5. The summed E-state index contributed by atoms with van der Waals surface area (Å²) in [6, 6.07) is 12.5. The number of carbonyl (C=O) groups is 1. The van der Waals surface area contributed by atoms with Gasteiger partial charge in [-0.1, -0.05) is 18.2 Å². The van der Waals surface area contributed by atoms with Gasteiger partial charge >= 0.3 is 0 Å². The number of rotatable bonds is 4. The summed E-state index contributed by atoms with van der Waals surface area (Å²) in [5.74, 6) is -0.363. The maximum atomic E-state index is 12.8. The van der Waals surface area contributed by atoms with Crippen LogP contribution in [0.1, 0.15) is 28.0 Å². The van der Waals surface area contributed by atoms with Gasteiger partial charge in [0.15, 0.2) is 0 Å². The molecule has 2 atom stereocenters. The zero-order chi connectivity index (χ0) is 19.5. The summed E-state index contributed by atoms with van der Waals surface area (Å²) in [5.41, 5.74) is 2.82. The summed E-state index contributed by atoms with van der Waals surface area (Å²) in [7, 11) is 0. The Hall–Kier alpha value is -3.03. The Balaban J connectivity index is 1.66. The number of carbonyl (C=O) groups excluding carboxylic acids is 1. The van der Waals surface area contributed by atoms with Crippen molar-refractivity contribution >= 4 is 16.8 Å². The number of benzene rings is 1. The van der Waals surface area contributed by atoms with E-state index in [1.54, 1.807) is 18.3 Å². The fourth-order valence-electron chi connectivity index (χ4n) is 3.43. The van der Waals surface area contributed by atoms with Crippen molar-refractivity contribution in [3.05, 3.63) is 65.5 Å². The second-order valence-corrected chi connectivity index (χ2v) is 6.89. The average molecular weight is 379 g/mol. The van der Waals surface area contributed by atoms with Crippen LogP contribution in [0.4, 0.5) is 0 Å². The van der Waals surface area contributed by atoms with Crippen LogP contribution in [0.3, 0.4) is 0 Å². The first-order valence-electron chi connectivity index (χ1n) is 9.19. The third kappa shape index (κ3) is 3.95. The first-order valence-corrected chi connectivity index (χ1v) is 9.19. The van der Waals surface area contributed by atoms with Gasteiger partial charge in [-0.2, -0.15) is 0 Å². The monoisotopic (exact) mass is 379 g/mol. The topological polar surface area (TPSA) is 105 Å². The van der Waals surface area contributed by atoms with Crippen LogP contribution < -0.4 is 5.32 Å². The first-order chi connectivity index (χ1) is 13.6. The first kappa shape index (κ1) is 18.3. The molecule has 0 spiro atoms. The van der Waals surface area contributed by atoms with Crippen LogP contribution in [0.2, 0.25) is 0 Å². The SMILES string of the molecule is O=C(N[C@H]1CCOC[C@H]1O)c1cc(Cc2ccnc(O)c2)c2ccccc2n1. The number of aliphatic hydroxyl groups is 1. The number of pyridine rings is 2. The van der Waals surface area contributed by atoms with E-state index >= 15 is 0 Å². The number of aromatic nitrogens is 2. The molecule has 1 aliphatic rings. The predicted octanol–water partition coefficient (Wildman–Crippen LogP) is 1.81. The molecule has 144 valence electrons. The Morgan fingerprint density at radius 3 is 2.93 bits per heavy atom. The Labute approximate surface area is 162 Å². The van der Waals surface area contributed by atoms with Crippen molar-refractivity contribution < 1.29 is 19.7 Å². The standard InChI is InChI=1S/C21H21N3O4/c25-19-12-28-8-6-17(19)24-21(27)18-11-14(9-13-5-7-22-20(26)10-13)15-3-1-2-4-16(15)23-18/h1-5,7,10-11,17,19,25H,6,8-9,12H2,(H,22,26)(H,24,27)/t17-,19+/m0/s1. The lowest BCUT2D eigenvalue weighted by atomic mass is 10.00. The van der Waals surface area contributed by atoms with E-state index in [-0.39, 0.29) is 24.4 Å². The molecule has 28 heavy (non-hydrogen) atoms. The van der Waals surface area contributed by atoms with Crippen molar-refractivity contribution in [2.45, 2.75) is 25.0 Å². The van der Waals surface area contributed by atoms with Crippen molar-refractivity contribution in [3.8, 4) is 5.88 Å². The van der Waals surface area contributed by atoms with E-state index in [0.717, 1.165) is 22.0 Å². The van der Waals surface area contributed by atoms with Gasteiger partial charge in [-0.3, -0.25) is 4.79 Å². The van der Waals surface area contributed by atoms with Gasteiger partial charge in [0.05, 0.1) is 24.3 Å². The molecule has 2 aromatic heterocycles. The smallest absolute Gasteiger partial charge is 0.270 e. The molecule has 3 heterocycles. The maximum Gasteiger partial charge on any atom is 0.270 e. The van der Waals surface area contributed by atoms with Crippen molar-refractivity contribution in [2.24, 2.45) is 0 Å². The van der Waals surface area contributed by atoms with Gasteiger partial charge in [-0.05, 0) is 42.2 Å². The molecule has 1 fully saturated rings. The largest absolute Gasteiger partial charge is 0.493 e. The lowest BCUT2D eigenvalue weighted by Gasteiger charge is -2.28. The number of hydrogen-bond acceptors (Lipinski definition) is 6. The fourth-order valence-corrected chi connectivity index (χ4v) is 3.43. The van der Waals surface area contributed by atoms with Crippen LogP contribution in [0.25, 0.3) is 10.9 Å². The zero-order valence-corrected chi connectivity index (χ0v) is 15.2. The molecule has 0 saturated carbocycles. The van der Waals surface area contributed by atoms with E-state index in [0.29, 0.717) is 25.1 Å². The van der Waals surface area contributed by atoms with Gasteiger partial charge < -0.3 is 20.3 Å². The van der Waals surface area contributed by atoms with Gasteiger partial charge in [0.2, 0.25) is 5.88 Å². The van der Waals surface area contributed by atoms with E-state index < -0.39 is 6.10 Å². The number of para-hydroxylation sites is 1. The van der Waals surface area contributed by atoms with Crippen molar-refractivity contribution in [1.82, 2.24) is 15.3 Å². The molecule has 0 bridgehead atoms. The minimum absolute atomic E-state index is 0.0395. The second-order valence-electron chi connectivity index (χ2n) is 6.89. The normalized spacial score (nSPS) is 19.5. The summed E-state index contributed by atoms with van der Waals surface area (Å²) < 4.78 is 5.21. The number of hydrogen-bond donors (Lipinski definition) is 3. The number of nitrogens with one attached hydrogen (secondary N) is 1. The van der Waals surface area contributed by atoms with Crippen molar-refractivity contribution in [1.29, 1.82) is 0 Å². The molecule has 1 saturated heterocycles. The Kier molecular flexibility index (Phi) is 5.18.